The number of thioether (sulfide) groups is 1. The number of hydrogen-bond acceptors (Lipinski definition) is 5. The molecule has 0 aromatic heterocycles. The third-order valence-corrected chi connectivity index (χ3v) is 5.85. The predicted molar refractivity (Wildman–Crippen MR) is 124 cm³/mol. The number of carbonyl (C=O) groups excluding carboxylic acids is 1. The Morgan fingerprint density at radius 3 is 2.64 bits per heavy atom. The van der Waals surface area contributed by atoms with Crippen molar-refractivity contribution in [2.24, 2.45) is 0 Å². The molecule has 1 aliphatic heterocycles. The van der Waals surface area contributed by atoms with Gasteiger partial charge in [0.2, 0.25) is 0 Å². The van der Waals surface area contributed by atoms with E-state index in [1.807, 2.05) is 44.2 Å². The lowest BCUT2D eigenvalue weighted by molar-refractivity contribution is -0.113. The summed E-state index contributed by atoms with van der Waals surface area (Å²) < 4.78 is 12.6. The molecule has 2 aromatic rings. The van der Waals surface area contributed by atoms with Crippen molar-refractivity contribution in [3.8, 4) is 11.5 Å². The highest BCUT2D eigenvalue weighted by Gasteiger charge is 2.33. The minimum absolute atomic E-state index is 0.170. The molecule has 1 amide bonds. The first kappa shape index (κ1) is 21.2. The molecule has 1 saturated heterocycles. The molecule has 0 spiro atoms. The summed E-state index contributed by atoms with van der Waals surface area (Å²) in [6.07, 6.45) is 1.77. The van der Waals surface area contributed by atoms with Crippen molar-refractivity contribution in [2.45, 2.75) is 13.8 Å². The Kier molecular flexibility index (Phi) is 7.04. The first-order chi connectivity index (χ1) is 13.4. The zero-order chi connectivity index (χ0) is 20.3. The van der Waals surface area contributed by atoms with Crippen LogP contribution in [0.1, 0.15) is 19.4 Å². The highest BCUT2D eigenvalue weighted by Crippen LogP contribution is 2.40. The van der Waals surface area contributed by atoms with Crippen LogP contribution < -0.4 is 14.4 Å². The Labute approximate surface area is 187 Å². The Morgan fingerprint density at radius 2 is 1.96 bits per heavy atom. The fourth-order valence-corrected chi connectivity index (χ4v) is 4.64. The van der Waals surface area contributed by atoms with Crippen molar-refractivity contribution in [3.05, 3.63) is 56.4 Å². The summed E-state index contributed by atoms with van der Waals surface area (Å²) in [6, 6.07) is 11.0. The normalized spacial score (nSPS) is 15.4. The first-order valence-corrected chi connectivity index (χ1v) is 11.0. The molecule has 0 radical (unpaired) electrons. The molecule has 1 aliphatic rings. The fraction of sp³-hybridized carbons (Fsp3) is 0.200. The third kappa shape index (κ3) is 4.54. The molecule has 0 unspecified atom stereocenters. The van der Waals surface area contributed by atoms with Crippen LogP contribution in [-0.2, 0) is 4.79 Å². The highest BCUT2D eigenvalue weighted by atomic mass is 79.9. The number of anilines is 1. The average molecular weight is 499 g/mol. The van der Waals surface area contributed by atoms with E-state index in [0.29, 0.717) is 39.0 Å². The lowest BCUT2D eigenvalue weighted by Gasteiger charge is -2.14. The maximum absolute atomic E-state index is 12.9. The highest BCUT2D eigenvalue weighted by molar-refractivity contribution is 9.10. The Morgan fingerprint density at radius 1 is 1.21 bits per heavy atom. The molecule has 0 atom stereocenters. The van der Waals surface area contributed by atoms with Crippen LogP contribution in [0.15, 0.2) is 45.8 Å². The molecule has 0 N–H and O–H groups in total. The summed E-state index contributed by atoms with van der Waals surface area (Å²) in [5, 5.41) is 0.432. The summed E-state index contributed by atoms with van der Waals surface area (Å²) >= 11 is 16.5. The molecule has 2 aromatic carbocycles. The van der Waals surface area contributed by atoms with Gasteiger partial charge in [0.25, 0.3) is 5.91 Å². The lowest BCUT2D eigenvalue weighted by Crippen LogP contribution is -2.27. The van der Waals surface area contributed by atoms with Crippen molar-refractivity contribution in [1.82, 2.24) is 0 Å². The van der Waals surface area contributed by atoms with Gasteiger partial charge in [0, 0.05) is 4.47 Å². The number of benzene rings is 2. The fourth-order valence-electron chi connectivity index (χ4n) is 2.68. The van der Waals surface area contributed by atoms with E-state index < -0.39 is 0 Å². The molecule has 3 rings (SSSR count). The minimum Gasteiger partial charge on any atom is -0.490 e. The van der Waals surface area contributed by atoms with Gasteiger partial charge in [-0.15, -0.1) is 0 Å². The van der Waals surface area contributed by atoms with Gasteiger partial charge in [-0.3, -0.25) is 9.69 Å². The molecule has 28 heavy (non-hydrogen) atoms. The van der Waals surface area contributed by atoms with Gasteiger partial charge in [-0.25, -0.2) is 0 Å². The van der Waals surface area contributed by atoms with Crippen LogP contribution in [0.4, 0.5) is 5.69 Å². The zero-order valence-corrected chi connectivity index (χ0v) is 19.2. The molecule has 0 bridgehead atoms. The maximum atomic E-state index is 12.9. The van der Waals surface area contributed by atoms with E-state index in [2.05, 4.69) is 15.9 Å². The van der Waals surface area contributed by atoms with E-state index in [1.54, 1.807) is 12.1 Å². The molecule has 8 heteroatoms. The van der Waals surface area contributed by atoms with Crippen molar-refractivity contribution < 1.29 is 14.3 Å². The van der Waals surface area contributed by atoms with Crippen LogP contribution in [0.3, 0.4) is 0 Å². The van der Waals surface area contributed by atoms with Crippen LogP contribution in [-0.4, -0.2) is 23.4 Å². The second kappa shape index (κ2) is 9.31. The van der Waals surface area contributed by atoms with E-state index in [0.717, 1.165) is 15.7 Å². The number of halogens is 2. The Hall–Kier alpha value is -1.54. The van der Waals surface area contributed by atoms with Crippen LogP contribution >= 0.6 is 51.5 Å². The summed E-state index contributed by atoms with van der Waals surface area (Å²) in [6.45, 7) is 4.72. The van der Waals surface area contributed by atoms with Crippen LogP contribution in [0.5, 0.6) is 11.5 Å². The number of thiocarbonyl (C=S) groups is 1. The van der Waals surface area contributed by atoms with E-state index in [-0.39, 0.29) is 5.91 Å². The number of ether oxygens (including phenoxy) is 2. The van der Waals surface area contributed by atoms with Crippen molar-refractivity contribution in [3.63, 3.8) is 0 Å². The monoisotopic (exact) mass is 497 g/mol. The molecule has 0 saturated carbocycles. The molecule has 146 valence electrons. The summed E-state index contributed by atoms with van der Waals surface area (Å²) in [7, 11) is 0. The van der Waals surface area contributed by atoms with Crippen molar-refractivity contribution >= 4 is 73.5 Å². The van der Waals surface area contributed by atoms with Gasteiger partial charge in [0.1, 0.15) is 0 Å². The Balaban J connectivity index is 1.95. The predicted octanol–water partition coefficient (Wildman–Crippen LogP) is 6.31. The zero-order valence-electron chi connectivity index (χ0n) is 15.2. The van der Waals surface area contributed by atoms with Crippen LogP contribution in [0.2, 0.25) is 5.02 Å². The van der Waals surface area contributed by atoms with Gasteiger partial charge in [-0.05, 0) is 55.8 Å². The second-order valence-corrected chi connectivity index (χ2v) is 8.69. The van der Waals surface area contributed by atoms with E-state index >= 15 is 0 Å². The number of rotatable bonds is 6. The van der Waals surface area contributed by atoms with Gasteiger partial charge in [0.05, 0.1) is 28.8 Å². The van der Waals surface area contributed by atoms with E-state index in [9.17, 15) is 4.79 Å². The molecule has 0 aliphatic carbocycles. The van der Waals surface area contributed by atoms with Gasteiger partial charge < -0.3 is 9.47 Å². The molecular formula is C20H17BrClNO3S2. The van der Waals surface area contributed by atoms with Crippen LogP contribution in [0.25, 0.3) is 6.08 Å². The lowest BCUT2D eigenvalue weighted by atomic mass is 10.1. The largest absolute Gasteiger partial charge is 0.490 e. The first-order valence-electron chi connectivity index (χ1n) is 8.57. The molecule has 4 nitrogen and oxygen atoms in total. The van der Waals surface area contributed by atoms with Crippen molar-refractivity contribution in [1.29, 1.82) is 0 Å². The Bertz CT molecular complexity index is 964. The average Bonchev–Trinajstić information content (AvgIpc) is 2.91. The quantitative estimate of drug-likeness (QED) is 0.345. The molecular weight excluding hydrogens is 482 g/mol. The van der Waals surface area contributed by atoms with E-state index in [4.69, 9.17) is 33.3 Å². The topological polar surface area (TPSA) is 38.8 Å². The van der Waals surface area contributed by atoms with Crippen molar-refractivity contribution in [2.75, 3.05) is 18.1 Å². The summed E-state index contributed by atoms with van der Waals surface area (Å²) in [5.74, 6) is 0.881. The van der Waals surface area contributed by atoms with E-state index in [1.165, 1.54) is 16.7 Å². The van der Waals surface area contributed by atoms with Gasteiger partial charge >= 0.3 is 0 Å². The van der Waals surface area contributed by atoms with Gasteiger partial charge in [0.15, 0.2) is 15.8 Å². The number of nitrogens with zero attached hydrogens (tertiary/aromatic N) is 1. The standard InChI is InChI=1S/C20H17BrClNO3S2/c1-3-25-16-9-12(8-15(22)18(16)26-4-2)10-17-19(24)23(20(27)28-17)14-7-5-6-13(21)11-14/h5-11H,3-4H2,1-2H3/b17-10+. The summed E-state index contributed by atoms with van der Waals surface area (Å²) in [5.41, 5.74) is 1.46. The third-order valence-electron chi connectivity index (χ3n) is 3.78. The van der Waals surface area contributed by atoms with Gasteiger partial charge in [-0.1, -0.05) is 57.6 Å². The number of carbonyl (C=O) groups is 1. The minimum atomic E-state index is -0.170. The SMILES string of the molecule is CCOc1cc(/C=C2/SC(=S)N(c3cccc(Br)c3)C2=O)cc(Cl)c1OCC. The summed E-state index contributed by atoms with van der Waals surface area (Å²) in [4.78, 5) is 15.0. The molecule has 1 heterocycles. The van der Waals surface area contributed by atoms with Gasteiger partial charge in [-0.2, -0.15) is 0 Å². The van der Waals surface area contributed by atoms with Crippen LogP contribution in [0, 0.1) is 0 Å². The number of amides is 1. The smallest absolute Gasteiger partial charge is 0.270 e. The molecule has 1 fully saturated rings. The second-order valence-electron chi connectivity index (χ2n) is 5.69. The number of hydrogen-bond donors (Lipinski definition) is 0. The maximum Gasteiger partial charge on any atom is 0.270 e.